The van der Waals surface area contributed by atoms with Crippen molar-refractivity contribution in [3.8, 4) is 12.3 Å². The molecule has 0 aliphatic heterocycles. The molecule has 0 spiro atoms. The maximum absolute atomic E-state index is 5.10. The Hall–Kier alpha value is -0.480. The number of ether oxygens (including phenoxy) is 1. The van der Waals surface area contributed by atoms with Gasteiger partial charge < -0.3 is 4.74 Å². The van der Waals surface area contributed by atoms with Crippen LogP contribution in [-0.4, -0.2) is 12.7 Å². The van der Waals surface area contributed by atoms with Crippen molar-refractivity contribution in [1.29, 1.82) is 0 Å². The van der Waals surface area contributed by atoms with E-state index in [0.29, 0.717) is 6.61 Å². The van der Waals surface area contributed by atoms with Crippen LogP contribution in [0.3, 0.4) is 0 Å². The van der Waals surface area contributed by atoms with Crippen LogP contribution in [0.2, 0.25) is 0 Å². The third kappa shape index (κ3) is 2.65. The number of hydrogen-bond acceptors (Lipinski definition) is 1. The molecule has 0 aliphatic carbocycles. The highest BCUT2D eigenvalue weighted by Crippen LogP contribution is 1.93. The summed E-state index contributed by atoms with van der Waals surface area (Å²) in [6.45, 7) is 4.67. The molecule has 1 unspecified atom stereocenters. The molecule has 0 aromatic heterocycles. The van der Waals surface area contributed by atoms with Crippen molar-refractivity contribution in [3.05, 3.63) is 0 Å². The predicted molar refractivity (Wildman–Crippen MR) is 34.5 cm³/mol. The summed E-state index contributed by atoms with van der Waals surface area (Å²) in [7, 11) is 0. The summed E-state index contributed by atoms with van der Waals surface area (Å²) in [5, 5.41) is 0. The third-order valence-electron chi connectivity index (χ3n) is 0.925. The summed E-state index contributed by atoms with van der Waals surface area (Å²) in [4.78, 5) is 0. The molecule has 0 aromatic rings. The van der Waals surface area contributed by atoms with Gasteiger partial charge in [-0.15, -0.1) is 6.42 Å². The molecule has 1 heteroatoms. The highest BCUT2D eigenvalue weighted by atomic mass is 16.5. The zero-order valence-corrected chi connectivity index (χ0v) is 5.48. The molecule has 0 bridgehead atoms. The molecule has 0 aliphatic rings. The first-order chi connectivity index (χ1) is 3.85. The molecule has 0 aromatic carbocycles. The Balaban J connectivity index is 3.26. The maximum atomic E-state index is 5.10. The minimum absolute atomic E-state index is 0.0278. The van der Waals surface area contributed by atoms with Crippen LogP contribution < -0.4 is 0 Å². The number of rotatable bonds is 3. The standard InChI is InChI=1S/C7H12O/c1-4-7(5-2)8-6-3/h1,7H,5-6H2,2-3H3. The Labute approximate surface area is 51.0 Å². The van der Waals surface area contributed by atoms with Crippen molar-refractivity contribution in [1.82, 2.24) is 0 Å². The third-order valence-corrected chi connectivity index (χ3v) is 0.925. The first-order valence-electron chi connectivity index (χ1n) is 2.92. The average Bonchev–Trinajstić information content (AvgIpc) is 1.83. The molecule has 0 fully saturated rings. The molecule has 0 rings (SSSR count). The highest BCUT2D eigenvalue weighted by Gasteiger charge is 1.96. The SMILES string of the molecule is C#CC(CC)OCC. The Morgan fingerprint density at radius 1 is 1.62 bits per heavy atom. The van der Waals surface area contributed by atoms with E-state index in [9.17, 15) is 0 Å². The van der Waals surface area contributed by atoms with Crippen molar-refractivity contribution >= 4 is 0 Å². The van der Waals surface area contributed by atoms with Crippen molar-refractivity contribution in [2.75, 3.05) is 6.61 Å². The summed E-state index contributed by atoms with van der Waals surface area (Å²) in [5.41, 5.74) is 0. The Kier molecular flexibility index (Phi) is 4.39. The van der Waals surface area contributed by atoms with E-state index in [-0.39, 0.29) is 6.10 Å². The lowest BCUT2D eigenvalue weighted by Crippen LogP contribution is -2.07. The first kappa shape index (κ1) is 7.52. The molecule has 0 radical (unpaired) electrons. The minimum atomic E-state index is 0.0278. The van der Waals surface area contributed by atoms with Gasteiger partial charge in [0.2, 0.25) is 0 Å². The van der Waals surface area contributed by atoms with Crippen LogP contribution in [0.1, 0.15) is 20.3 Å². The molecular formula is C7H12O. The van der Waals surface area contributed by atoms with Crippen LogP contribution in [-0.2, 0) is 4.74 Å². The smallest absolute Gasteiger partial charge is 0.117 e. The van der Waals surface area contributed by atoms with Crippen molar-refractivity contribution < 1.29 is 4.74 Å². The van der Waals surface area contributed by atoms with Gasteiger partial charge in [-0.3, -0.25) is 0 Å². The largest absolute Gasteiger partial charge is 0.366 e. The van der Waals surface area contributed by atoms with E-state index >= 15 is 0 Å². The lowest BCUT2D eigenvalue weighted by Gasteiger charge is -2.04. The molecule has 0 amide bonds. The lowest BCUT2D eigenvalue weighted by atomic mass is 10.3. The Morgan fingerprint density at radius 2 is 2.25 bits per heavy atom. The number of terminal acetylenes is 1. The minimum Gasteiger partial charge on any atom is -0.366 e. The summed E-state index contributed by atoms with van der Waals surface area (Å²) in [6.07, 6.45) is 6.03. The normalized spacial score (nSPS) is 12.6. The first-order valence-corrected chi connectivity index (χ1v) is 2.92. The van der Waals surface area contributed by atoms with Gasteiger partial charge in [0.25, 0.3) is 0 Å². The van der Waals surface area contributed by atoms with E-state index in [1.807, 2.05) is 13.8 Å². The van der Waals surface area contributed by atoms with Gasteiger partial charge in [-0.1, -0.05) is 12.8 Å². The van der Waals surface area contributed by atoms with E-state index in [1.165, 1.54) is 0 Å². The molecule has 0 heterocycles. The topological polar surface area (TPSA) is 9.23 Å². The van der Waals surface area contributed by atoms with Gasteiger partial charge in [-0.05, 0) is 13.3 Å². The summed E-state index contributed by atoms with van der Waals surface area (Å²) in [5.74, 6) is 2.53. The van der Waals surface area contributed by atoms with Gasteiger partial charge >= 0.3 is 0 Å². The Bertz CT molecular complexity index is 80.9. The van der Waals surface area contributed by atoms with E-state index in [0.717, 1.165) is 6.42 Å². The fraction of sp³-hybridized carbons (Fsp3) is 0.714. The highest BCUT2D eigenvalue weighted by molar-refractivity contribution is 4.93. The van der Waals surface area contributed by atoms with Crippen LogP contribution in [0.5, 0.6) is 0 Å². The molecule has 46 valence electrons. The van der Waals surface area contributed by atoms with Crippen molar-refractivity contribution in [3.63, 3.8) is 0 Å². The van der Waals surface area contributed by atoms with E-state index < -0.39 is 0 Å². The van der Waals surface area contributed by atoms with E-state index in [2.05, 4.69) is 5.92 Å². The fourth-order valence-electron chi connectivity index (χ4n) is 0.485. The number of hydrogen-bond donors (Lipinski definition) is 0. The molecule has 8 heavy (non-hydrogen) atoms. The lowest BCUT2D eigenvalue weighted by molar-refractivity contribution is 0.100. The summed E-state index contributed by atoms with van der Waals surface area (Å²) >= 11 is 0. The molecule has 0 saturated heterocycles. The monoisotopic (exact) mass is 112 g/mol. The summed E-state index contributed by atoms with van der Waals surface area (Å²) < 4.78 is 5.10. The van der Waals surface area contributed by atoms with Crippen LogP contribution in [0.4, 0.5) is 0 Å². The molecular weight excluding hydrogens is 100 g/mol. The second-order valence-corrected chi connectivity index (χ2v) is 1.52. The van der Waals surface area contributed by atoms with E-state index in [1.54, 1.807) is 0 Å². The fourth-order valence-corrected chi connectivity index (χ4v) is 0.485. The predicted octanol–water partition coefficient (Wildman–Crippen LogP) is 1.43. The zero-order chi connectivity index (χ0) is 6.41. The van der Waals surface area contributed by atoms with Gasteiger partial charge in [0.05, 0.1) is 0 Å². The molecule has 0 saturated carbocycles. The molecule has 0 N–H and O–H groups in total. The van der Waals surface area contributed by atoms with Gasteiger partial charge in [0, 0.05) is 6.61 Å². The van der Waals surface area contributed by atoms with Crippen LogP contribution in [0, 0.1) is 12.3 Å². The van der Waals surface area contributed by atoms with Crippen LogP contribution in [0.25, 0.3) is 0 Å². The second-order valence-electron chi connectivity index (χ2n) is 1.52. The van der Waals surface area contributed by atoms with Crippen LogP contribution >= 0.6 is 0 Å². The van der Waals surface area contributed by atoms with Gasteiger partial charge in [0.1, 0.15) is 6.10 Å². The molecule has 1 atom stereocenters. The van der Waals surface area contributed by atoms with Crippen LogP contribution in [0.15, 0.2) is 0 Å². The maximum Gasteiger partial charge on any atom is 0.117 e. The summed E-state index contributed by atoms with van der Waals surface area (Å²) in [6, 6.07) is 0. The second kappa shape index (κ2) is 4.67. The molecule has 1 nitrogen and oxygen atoms in total. The van der Waals surface area contributed by atoms with Gasteiger partial charge in [-0.25, -0.2) is 0 Å². The van der Waals surface area contributed by atoms with Crippen molar-refractivity contribution in [2.24, 2.45) is 0 Å². The quantitative estimate of drug-likeness (QED) is 0.502. The zero-order valence-electron chi connectivity index (χ0n) is 5.48. The Morgan fingerprint density at radius 3 is 2.38 bits per heavy atom. The van der Waals surface area contributed by atoms with E-state index in [4.69, 9.17) is 11.2 Å². The van der Waals surface area contributed by atoms with Gasteiger partial charge in [0.15, 0.2) is 0 Å². The van der Waals surface area contributed by atoms with Crippen molar-refractivity contribution in [2.45, 2.75) is 26.4 Å². The van der Waals surface area contributed by atoms with Gasteiger partial charge in [-0.2, -0.15) is 0 Å². The average molecular weight is 112 g/mol.